The predicted octanol–water partition coefficient (Wildman–Crippen LogP) is 0.773. The van der Waals surface area contributed by atoms with Gasteiger partial charge in [-0.2, -0.15) is 0 Å². The normalized spacial score (nSPS) is 21.1. The fourth-order valence-electron chi connectivity index (χ4n) is 2.51. The molecule has 0 bridgehead atoms. The zero-order chi connectivity index (χ0) is 15.5. The van der Waals surface area contributed by atoms with Crippen LogP contribution in [-0.2, 0) is 9.53 Å². The van der Waals surface area contributed by atoms with Crippen LogP contribution in [0.4, 0.5) is 0 Å². The number of hydrogen-bond acceptors (Lipinski definition) is 5. The van der Waals surface area contributed by atoms with Crippen molar-refractivity contribution >= 4 is 11.9 Å². The van der Waals surface area contributed by atoms with Crippen molar-refractivity contribution in [3.8, 4) is 11.5 Å². The molecule has 1 aromatic rings. The van der Waals surface area contributed by atoms with Crippen molar-refractivity contribution in [3.05, 3.63) is 23.8 Å². The van der Waals surface area contributed by atoms with E-state index in [1.165, 1.54) is 4.90 Å². The molecule has 2 aliphatic heterocycles. The summed E-state index contributed by atoms with van der Waals surface area (Å²) in [7, 11) is 0. The summed E-state index contributed by atoms with van der Waals surface area (Å²) in [5.74, 6) is -0.289. The lowest BCUT2D eigenvalue weighted by Gasteiger charge is -2.33. The Bertz CT molecular complexity index is 587. The fraction of sp³-hybridized carbons (Fsp3) is 0.467. The highest BCUT2D eigenvalue weighted by Gasteiger charge is 2.33. The van der Waals surface area contributed by atoms with Crippen LogP contribution in [0.3, 0.4) is 0 Å². The largest absolute Gasteiger partial charge is 0.490 e. The maximum absolute atomic E-state index is 12.6. The van der Waals surface area contributed by atoms with E-state index in [0.29, 0.717) is 36.9 Å². The van der Waals surface area contributed by atoms with E-state index in [2.05, 4.69) is 0 Å². The van der Waals surface area contributed by atoms with Crippen LogP contribution in [0.2, 0.25) is 0 Å². The van der Waals surface area contributed by atoms with E-state index >= 15 is 0 Å². The van der Waals surface area contributed by atoms with Crippen LogP contribution < -0.4 is 9.47 Å². The van der Waals surface area contributed by atoms with Gasteiger partial charge in [-0.15, -0.1) is 0 Å². The average Bonchev–Trinajstić information content (AvgIpc) is 2.78. The van der Waals surface area contributed by atoms with Crippen LogP contribution >= 0.6 is 0 Å². The molecule has 7 nitrogen and oxygen atoms in total. The summed E-state index contributed by atoms with van der Waals surface area (Å²) < 4.78 is 16.2. The Morgan fingerprint density at radius 1 is 1.14 bits per heavy atom. The number of aliphatic carboxylic acids is 1. The highest BCUT2D eigenvalue weighted by atomic mass is 16.5. The maximum Gasteiger partial charge on any atom is 0.328 e. The molecule has 2 heterocycles. The summed E-state index contributed by atoms with van der Waals surface area (Å²) in [6, 6.07) is 3.96. The number of carbonyl (C=O) groups excluding carboxylic acids is 1. The minimum Gasteiger partial charge on any atom is -0.490 e. The number of fused-ring (bicyclic) bond motifs is 1. The van der Waals surface area contributed by atoms with Crippen molar-refractivity contribution in [3.63, 3.8) is 0 Å². The topological polar surface area (TPSA) is 85.3 Å². The fourth-order valence-corrected chi connectivity index (χ4v) is 2.51. The lowest BCUT2D eigenvalue weighted by Crippen LogP contribution is -2.52. The molecule has 3 rings (SSSR count). The number of nitrogens with zero attached hydrogens (tertiary/aromatic N) is 1. The molecule has 7 heteroatoms. The van der Waals surface area contributed by atoms with E-state index < -0.39 is 12.0 Å². The molecular weight excluding hydrogens is 290 g/mol. The Labute approximate surface area is 127 Å². The lowest BCUT2D eigenvalue weighted by molar-refractivity contribution is -0.147. The Morgan fingerprint density at radius 3 is 2.68 bits per heavy atom. The van der Waals surface area contributed by atoms with Crippen molar-refractivity contribution < 1.29 is 28.9 Å². The lowest BCUT2D eigenvalue weighted by atomic mass is 10.1. The van der Waals surface area contributed by atoms with Gasteiger partial charge in [-0.25, -0.2) is 4.79 Å². The number of rotatable bonds is 2. The Kier molecular flexibility index (Phi) is 4.15. The minimum atomic E-state index is -1.07. The van der Waals surface area contributed by atoms with Gasteiger partial charge in [0.1, 0.15) is 0 Å². The average molecular weight is 307 g/mol. The third-order valence-corrected chi connectivity index (χ3v) is 3.67. The van der Waals surface area contributed by atoms with Gasteiger partial charge in [-0.1, -0.05) is 0 Å². The highest BCUT2D eigenvalue weighted by molar-refractivity contribution is 5.97. The van der Waals surface area contributed by atoms with Crippen LogP contribution in [0.5, 0.6) is 11.5 Å². The first-order chi connectivity index (χ1) is 10.7. The summed E-state index contributed by atoms with van der Waals surface area (Å²) in [5.41, 5.74) is 0.386. The predicted molar refractivity (Wildman–Crippen MR) is 75.3 cm³/mol. The summed E-state index contributed by atoms with van der Waals surface area (Å²) in [6.07, 6.45) is 0.780. The number of hydrogen-bond donors (Lipinski definition) is 1. The summed E-state index contributed by atoms with van der Waals surface area (Å²) >= 11 is 0. The highest BCUT2D eigenvalue weighted by Crippen LogP contribution is 2.31. The van der Waals surface area contributed by atoms with E-state index in [0.717, 1.165) is 6.42 Å². The third kappa shape index (κ3) is 2.85. The van der Waals surface area contributed by atoms with E-state index in [-0.39, 0.29) is 19.1 Å². The molecule has 1 amide bonds. The van der Waals surface area contributed by atoms with Gasteiger partial charge in [0.25, 0.3) is 5.91 Å². The summed E-state index contributed by atoms with van der Waals surface area (Å²) in [6.45, 7) is 1.70. The second-order valence-electron chi connectivity index (χ2n) is 5.14. The molecule has 0 unspecified atom stereocenters. The van der Waals surface area contributed by atoms with E-state index in [1.54, 1.807) is 18.2 Å². The van der Waals surface area contributed by atoms with Crippen LogP contribution in [0.25, 0.3) is 0 Å². The first kappa shape index (κ1) is 14.6. The van der Waals surface area contributed by atoms with Gasteiger partial charge in [0.05, 0.1) is 26.4 Å². The smallest absolute Gasteiger partial charge is 0.328 e. The standard InChI is InChI=1S/C15H17NO6/c17-14(16-4-7-20-9-11(16)15(18)19)10-2-3-12-13(8-10)22-6-1-5-21-12/h2-3,8,11H,1,4-7,9H2,(H,18,19)/t11-/m0/s1. The molecule has 0 radical (unpaired) electrons. The number of morpholine rings is 1. The van der Waals surface area contributed by atoms with E-state index in [4.69, 9.17) is 14.2 Å². The van der Waals surface area contributed by atoms with Gasteiger partial charge in [0, 0.05) is 18.5 Å². The van der Waals surface area contributed by atoms with Crippen molar-refractivity contribution in [1.82, 2.24) is 4.90 Å². The zero-order valence-corrected chi connectivity index (χ0v) is 12.0. The van der Waals surface area contributed by atoms with Crippen LogP contribution in [-0.4, -0.2) is 60.9 Å². The number of carboxylic acids is 1. The van der Waals surface area contributed by atoms with Crippen LogP contribution in [0.1, 0.15) is 16.8 Å². The minimum absolute atomic E-state index is 0.00558. The van der Waals surface area contributed by atoms with E-state index in [9.17, 15) is 14.7 Å². The molecule has 118 valence electrons. The van der Waals surface area contributed by atoms with Gasteiger partial charge in [0.2, 0.25) is 0 Å². The molecule has 1 saturated heterocycles. The maximum atomic E-state index is 12.6. The van der Waals surface area contributed by atoms with Crippen molar-refractivity contribution in [2.45, 2.75) is 12.5 Å². The molecule has 1 fully saturated rings. The first-order valence-electron chi connectivity index (χ1n) is 7.18. The molecule has 0 aliphatic carbocycles. The van der Waals surface area contributed by atoms with Crippen molar-refractivity contribution in [1.29, 1.82) is 0 Å². The van der Waals surface area contributed by atoms with Crippen LogP contribution in [0, 0.1) is 0 Å². The summed E-state index contributed by atoms with van der Waals surface area (Å²) in [4.78, 5) is 25.2. The number of carboxylic acid groups (broad SMARTS) is 1. The molecule has 0 saturated carbocycles. The molecule has 2 aliphatic rings. The zero-order valence-electron chi connectivity index (χ0n) is 12.0. The van der Waals surface area contributed by atoms with Crippen LogP contribution in [0.15, 0.2) is 18.2 Å². The number of ether oxygens (including phenoxy) is 3. The third-order valence-electron chi connectivity index (χ3n) is 3.67. The Balaban J connectivity index is 1.85. The molecule has 22 heavy (non-hydrogen) atoms. The first-order valence-corrected chi connectivity index (χ1v) is 7.18. The number of amides is 1. The Hall–Kier alpha value is -2.28. The van der Waals surface area contributed by atoms with Crippen molar-refractivity contribution in [2.24, 2.45) is 0 Å². The number of carbonyl (C=O) groups is 2. The van der Waals surface area contributed by atoms with Gasteiger partial charge < -0.3 is 24.2 Å². The Morgan fingerprint density at radius 2 is 1.91 bits per heavy atom. The summed E-state index contributed by atoms with van der Waals surface area (Å²) in [5, 5.41) is 9.22. The molecule has 0 spiro atoms. The molecule has 1 atom stereocenters. The SMILES string of the molecule is O=C(O)[C@@H]1COCCN1C(=O)c1ccc2c(c1)OCCCO2. The number of benzene rings is 1. The van der Waals surface area contributed by atoms with Gasteiger partial charge in [-0.05, 0) is 18.2 Å². The molecule has 1 N–H and O–H groups in total. The molecule has 1 aromatic carbocycles. The second-order valence-corrected chi connectivity index (χ2v) is 5.14. The molecular formula is C15H17NO6. The monoisotopic (exact) mass is 307 g/mol. The van der Waals surface area contributed by atoms with E-state index in [1.807, 2.05) is 0 Å². The van der Waals surface area contributed by atoms with Crippen molar-refractivity contribution in [2.75, 3.05) is 33.0 Å². The van der Waals surface area contributed by atoms with Gasteiger partial charge in [0.15, 0.2) is 17.5 Å². The van der Waals surface area contributed by atoms with Gasteiger partial charge >= 0.3 is 5.97 Å². The quantitative estimate of drug-likeness (QED) is 0.869. The molecule has 0 aromatic heterocycles. The van der Waals surface area contributed by atoms with Gasteiger partial charge in [-0.3, -0.25) is 4.79 Å². The second kappa shape index (κ2) is 6.23.